The summed E-state index contributed by atoms with van der Waals surface area (Å²) in [5.41, 5.74) is 2.44. The lowest BCUT2D eigenvalue weighted by atomic mass is 10.0. The molecule has 1 atom stereocenters. The lowest BCUT2D eigenvalue weighted by Gasteiger charge is -2.24. The number of rotatable bonds is 3. The van der Waals surface area contributed by atoms with Crippen LogP contribution in [0.3, 0.4) is 0 Å². The van der Waals surface area contributed by atoms with E-state index in [2.05, 4.69) is 4.98 Å². The van der Waals surface area contributed by atoms with Gasteiger partial charge in [0.05, 0.1) is 29.2 Å². The molecular weight excluding hydrogens is 306 g/mol. The highest BCUT2D eigenvalue weighted by Crippen LogP contribution is 2.43. The summed E-state index contributed by atoms with van der Waals surface area (Å²) in [6.45, 7) is 0. The highest BCUT2D eigenvalue weighted by Gasteiger charge is 2.43. The third-order valence-electron chi connectivity index (χ3n) is 3.50. The minimum Gasteiger partial charge on any atom is -0.289 e. The minimum absolute atomic E-state index is 0.162. The summed E-state index contributed by atoms with van der Waals surface area (Å²) in [4.78, 5) is 15.7. The van der Waals surface area contributed by atoms with Gasteiger partial charge in [-0.3, -0.25) is 19.3 Å². The lowest BCUT2D eigenvalue weighted by Crippen LogP contribution is -2.32. The van der Waals surface area contributed by atoms with E-state index in [1.807, 2.05) is 0 Å². The van der Waals surface area contributed by atoms with Gasteiger partial charge in [0.1, 0.15) is 0 Å². The van der Waals surface area contributed by atoms with Crippen LogP contribution in [0.25, 0.3) is 0 Å². The summed E-state index contributed by atoms with van der Waals surface area (Å²) in [6.07, 6.45) is 2.77. The number of hydrogen-bond donors (Lipinski definition) is 2. The molecule has 1 unspecified atom stereocenters. The molecule has 0 saturated carbocycles. The SMILES string of the molecule is O=C(CC1c2ccccc2S(=O)(=O)N1c1cccnc1)NO. The Morgan fingerprint density at radius 2 is 2.05 bits per heavy atom. The van der Waals surface area contributed by atoms with Gasteiger partial charge in [-0.25, -0.2) is 13.9 Å². The van der Waals surface area contributed by atoms with Crippen molar-refractivity contribution in [2.75, 3.05) is 4.31 Å². The lowest BCUT2D eigenvalue weighted by molar-refractivity contribution is -0.129. The molecule has 1 aromatic carbocycles. The molecule has 1 aliphatic rings. The molecule has 114 valence electrons. The van der Waals surface area contributed by atoms with Gasteiger partial charge in [-0.1, -0.05) is 18.2 Å². The van der Waals surface area contributed by atoms with Crippen molar-refractivity contribution in [1.29, 1.82) is 0 Å². The van der Waals surface area contributed by atoms with Crippen LogP contribution < -0.4 is 9.79 Å². The summed E-state index contributed by atoms with van der Waals surface area (Å²) in [6, 6.07) is 9.02. The number of amides is 1. The van der Waals surface area contributed by atoms with E-state index < -0.39 is 22.0 Å². The van der Waals surface area contributed by atoms with Gasteiger partial charge in [0.2, 0.25) is 5.91 Å². The Labute approximate surface area is 127 Å². The third kappa shape index (κ3) is 2.22. The first-order chi connectivity index (χ1) is 10.6. The van der Waals surface area contributed by atoms with Gasteiger partial charge < -0.3 is 0 Å². The molecule has 8 heteroatoms. The number of fused-ring (bicyclic) bond motifs is 1. The van der Waals surface area contributed by atoms with Crippen LogP contribution in [-0.2, 0) is 14.8 Å². The van der Waals surface area contributed by atoms with Gasteiger partial charge in [0.25, 0.3) is 10.0 Å². The number of nitrogens with one attached hydrogen (secondary N) is 1. The van der Waals surface area contributed by atoms with Crippen molar-refractivity contribution in [1.82, 2.24) is 10.5 Å². The quantitative estimate of drug-likeness (QED) is 0.655. The zero-order valence-corrected chi connectivity index (χ0v) is 12.2. The van der Waals surface area contributed by atoms with E-state index in [4.69, 9.17) is 5.21 Å². The van der Waals surface area contributed by atoms with Crippen molar-refractivity contribution in [3.63, 3.8) is 0 Å². The van der Waals surface area contributed by atoms with E-state index >= 15 is 0 Å². The average molecular weight is 319 g/mol. The van der Waals surface area contributed by atoms with E-state index in [0.717, 1.165) is 0 Å². The molecule has 0 aliphatic carbocycles. The first-order valence-electron chi connectivity index (χ1n) is 6.52. The second-order valence-corrected chi connectivity index (χ2v) is 6.59. The molecule has 1 aliphatic heterocycles. The van der Waals surface area contributed by atoms with Gasteiger partial charge in [0.15, 0.2) is 0 Å². The zero-order valence-electron chi connectivity index (χ0n) is 11.4. The Hall–Kier alpha value is -2.45. The Kier molecular flexibility index (Phi) is 3.55. The number of benzene rings is 1. The minimum atomic E-state index is -3.77. The first-order valence-corrected chi connectivity index (χ1v) is 7.96. The maximum absolute atomic E-state index is 12.8. The number of sulfonamides is 1. The van der Waals surface area contributed by atoms with Crippen LogP contribution in [0.1, 0.15) is 18.0 Å². The molecule has 2 N–H and O–H groups in total. The highest BCUT2D eigenvalue weighted by molar-refractivity contribution is 7.93. The van der Waals surface area contributed by atoms with E-state index in [-0.39, 0.29) is 11.3 Å². The molecule has 22 heavy (non-hydrogen) atoms. The molecule has 1 aromatic heterocycles. The van der Waals surface area contributed by atoms with Crippen LogP contribution in [-0.4, -0.2) is 24.5 Å². The van der Waals surface area contributed by atoms with Crippen LogP contribution in [0.5, 0.6) is 0 Å². The average Bonchev–Trinajstić information content (AvgIpc) is 2.76. The molecule has 7 nitrogen and oxygen atoms in total. The van der Waals surface area contributed by atoms with Gasteiger partial charge in [-0.05, 0) is 23.8 Å². The fourth-order valence-electron chi connectivity index (χ4n) is 2.61. The van der Waals surface area contributed by atoms with Crippen LogP contribution in [0.4, 0.5) is 5.69 Å². The highest BCUT2D eigenvalue weighted by atomic mass is 32.2. The standard InChI is InChI=1S/C14H13N3O4S/c18-14(16-19)8-12-11-5-1-2-6-13(11)22(20,21)17(12)10-4-3-7-15-9-10/h1-7,9,12,19H,8H2,(H,16,18). The van der Waals surface area contributed by atoms with E-state index in [9.17, 15) is 13.2 Å². The molecule has 0 fully saturated rings. The van der Waals surface area contributed by atoms with Crippen molar-refractivity contribution in [2.24, 2.45) is 0 Å². The molecule has 0 radical (unpaired) electrons. The third-order valence-corrected chi connectivity index (χ3v) is 5.41. The monoisotopic (exact) mass is 319 g/mol. The molecule has 3 rings (SSSR count). The summed E-state index contributed by atoms with van der Waals surface area (Å²) >= 11 is 0. The van der Waals surface area contributed by atoms with Crippen molar-refractivity contribution in [2.45, 2.75) is 17.4 Å². The molecule has 2 aromatic rings. The predicted octanol–water partition coefficient (Wildman–Crippen LogP) is 1.23. The molecule has 0 spiro atoms. The molecular formula is C14H13N3O4S. The topological polar surface area (TPSA) is 99.6 Å². The van der Waals surface area contributed by atoms with Gasteiger partial charge in [-0.15, -0.1) is 0 Å². The molecule has 0 saturated heterocycles. The van der Waals surface area contributed by atoms with E-state index in [1.54, 1.807) is 35.8 Å². The molecule has 0 bridgehead atoms. The normalized spacial score (nSPS) is 18.8. The number of pyridine rings is 1. The van der Waals surface area contributed by atoms with Crippen LogP contribution >= 0.6 is 0 Å². The number of hydroxylamine groups is 1. The Balaban J connectivity index is 2.16. The van der Waals surface area contributed by atoms with Crippen LogP contribution in [0, 0.1) is 0 Å². The Morgan fingerprint density at radius 3 is 2.73 bits per heavy atom. The summed E-state index contributed by atoms with van der Waals surface area (Å²) < 4.78 is 26.7. The second-order valence-electron chi connectivity index (χ2n) is 4.80. The summed E-state index contributed by atoms with van der Waals surface area (Å²) in [7, 11) is -3.77. The zero-order chi connectivity index (χ0) is 15.7. The Morgan fingerprint density at radius 1 is 1.27 bits per heavy atom. The largest absolute Gasteiger partial charge is 0.289 e. The number of nitrogens with zero attached hydrogens (tertiary/aromatic N) is 2. The first kappa shape index (κ1) is 14.5. The number of carbonyl (C=O) groups excluding carboxylic acids is 1. The van der Waals surface area contributed by atoms with Gasteiger partial charge in [0, 0.05) is 6.20 Å². The van der Waals surface area contributed by atoms with Crippen molar-refractivity contribution >= 4 is 21.6 Å². The van der Waals surface area contributed by atoms with E-state index in [1.165, 1.54) is 22.8 Å². The van der Waals surface area contributed by atoms with E-state index in [0.29, 0.717) is 11.3 Å². The number of aromatic nitrogens is 1. The van der Waals surface area contributed by atoms with Crippen molar-refractivity contribution < 1.29 is 18.4 Å². The fourth-order valence-corrected chi connectivity index (χ4v) is 4.48. The number of hydrogen-bond acceptors (Lipinski definition) is 5. The van der Waals surface area contributed by atoms with Crippen molar-refractivity contribution in [3.05, 3.63) is 54.4 Å². The predicted molar refractivity (Wildman–Crippen MR) is 77.6 cm³/mol. The number of carbonyl (C=O) groups is 1. The van der Waals surface area contributed by atoms with Crippen LogP contribution in [0.2, 0.25) is 0 Å². The van der Waals surface area contributed by atoms with Gasteiger partial charge in [-0.2, -0.15) is 0 Å². The van der Waals surface area contributed by atoms with Crippen LogP contribution in [0.15, 0.2) is 53.7 Å². The van der Waals surface area contributed by atoms with Crippen molar-refractivity contribution in [3.8, 4) is 0 Å². The van der Waals surface area contributed by atoms with Gasteiger partial charge >= 0.3 is 0 Å². The maximum atomic E-state index is 12.8. The second kappa shape index (κ2) is 5.39. The maximum Gasteiger partial charge on any atom is 0.265 e. The fraction of sp³-hybridized carbons (Fsp3) is 0.143. The summed E-state index contributed by atoms with van der Waals surface area (Å²) in [5.74, 6) is -0.661. The molecule has 1 amide bonds. The molecule has 2 heterocycles. The summed E-state index contributed by atoms with van der Waals surface area (Å²) in [5, 5.41) is 8.75. The smallest absolute Gasteiger partial charge is 0.265 e. The number of anilines is 1. The Bertz CT molecular complexity index is 808.